The number of aromatic nitrogens is 2. The van der Waals surface area contributed by atoms with Gasteiger partial charge in [-0.1, -0.05) is 18.3 Å². The van der Waals surface area contributed by atoms with Gasteiger partial charge in [-0.2, -0.15) is 8.42 Å². The zero-order valence-corrected chi connectivity index (χ0v) is 8.52. The Kier molecular flexibility index (Phi) is 3.17. The van der Waals surface area contributed by atoms with Crippen LogP contribution in [0.4, 0.5) is 5.13 Å². The van der Waals surface area contributed by atoms with Gasteiger partial charge in [-0.15, -0.1) is 10.2 Å². The van der Waals surface area contributed by atoms with Gasteiger partial charge in [0.25, 0.3) is 0 Å². The normalized spacial score (nSPS) is 11.5. The van der Waals surface area contributed by atoms with Crippen LogP contribution < -0.4 is 4.72 Å². The maximum Gasteiger partial charge on any atom is 0.359 e. The first-order valence-corrected chi connectivity index (χ1v) is 5.84. The number of rotatable bonds is 4. The highest BCUT2D eigenvalue weighted by molar-refractivity contribution is 7.87. The molecule has 0 unspecified atom stereocenters. The van der Waals surface area contributed by atoms with E-state index in [2.05, 4.69) is 10.2 Å². The molecule has 74 valence electrons. The summed E-state index contributed by atoms with van der Waals surface area (Å²) in [6.45, 7) is 1.98. The van der Waals surface area contributed by atoms with Gasteiger partial charge in [-0.05, 0) is 6.42 Å². The summed E-state index contributed by atoms with van der Waals surface area (Å²) in [5, 5.41) is 8.09. The molecule has 0 amide bonds. The Hall–Kier alpha value is -0.730. The number of hydrogen-bond donors (Lipinski definition) is 2. The Balaban J connectivity index is 2.69. The van der Waals surface area contributed by atoms with E-state index >= 15 is 0 Å². The Labute approximate surface area is 79.9 Å². The summed E-state index contributed by atoms with van der Waals surface area (Å²) < 4.78 is 30.9. The quantitative estimate of drug-likeness (QED) is 0.733. The van der Waals surface area contributed by atoms with E-state index in [-0.39, 0.29) is 5.13 Å². The fraction of sp³-hybridized carbons (Fsp3) is 0.600. The van der Waals surface area contributed by atoms with Crippen molar-refractivity contribution in [2.45, 2.75) is 19.8 Å². The molecule has 0 spiro atoms. The highest BCUT2D eigenvalue weighted by Gasteiger charge is 2.08. The fourth-order valence-corrected chi connectivity index (χ4v) is 2.16. The molecule has 1 aromatic heterocycles. The third-order valence-corrected chi connectivity index (χ3v) is 2.63. The van der Waals surface area contributed by atoms with Gasteiger partial charge in [-0.3, -0.25) is 4.55 Å². The minimum atomic E-state index is -4.22. The molecule has 1 rings (SSSR count). The third-order valence-electron chi connectivity index (χ3n) is 1.15. The molecule has 0 aliphatic carbocycles. The van der Waals surface area contributed by atoms with Gasteiger partial charge in [0, 0.05) is 6.42 Å². The van der Waals surface area contributed by atoms with Crippen molar-refractivity contribution in [3.63, 3.8) is 0 Å². The van der Waals surface area contributed by atoms with E-state index in [1.807, 2.05) is 11.6 Å². The lowest BCUT2D eigenvalue weighted by Gasteiger charge is -1.93. The van der Waals surface area contributed by atoms with E-state index < -0.39 is 10.3 Å². The zero-order valence-electron chi connectivity index (χ0n) is 6.89. The Morgan fingerprint density at radius 3 is 2.77 bits per heavy atom. The lowest BCUT2D eigenvalue weighted by atomic mass is 10.4. The predicted octanol–water partition coefficient (Wildman–Crippen LogP) is 0.705. The van der Waals surface area contributed by atoms with Crippen molar-refractivity contribution in [3.8, 4) is 0 Å². The molecule has 0 fully saturated rings. The monoisotopic (exact) mass is 223 g/mol. The molecule has 0 aromatic carbocycles. The average molecular weight is 223 g/mol. The summed E-state index contributed by atoms with van der Waals surface area (Å²) >= 11 is 1.11. The number of anilines is 1. The number of hydrogen-bond acceptors (Lipinski definition) is 5. The number of aryl methyl sites for hydroxylation is 1. The number of nitrogens with zero attached hydrogens (tertiary/aromatic N) is 2. The van der Waals surface area contributed by atoms with Gasteiger partial charge in [0.2, 0.25) is 5.13 Å². The molecule has 0 aliphatic rings. The molecule has 0 radical (unpaired) electrons. The smallest absolute Gasteiger partial charge is 0.269 e. The van der Waals surface area contributed by atoms with E-state index in [0.717, 1.165) is 29.2 Å². The second kappa shape index (κ2) is 3.99. The van der Waals surface area contributed by atoms with Crippen LogP contribution in [0.15, 0.2) is 0 Å². The first kappa shape index (κ1) is 10.4. The van der Waals surface area contributed by atoms with Crippen LogP contribution in [0.1, 0.15) is 18.4 Å². The van der Waals surface area contributed by atoms with Crippen molar-refractivity contribution in [1.29, 1.82) is 0 Å². The molecule has 0 atom stereocenters. The van der Waals surface area contributed by atoms with E-state index in [1.54, 1.807) is 0 Å². The van der Waals surface area contributed by atoms with Crippen LogP contribution >= 0.6 is 11.3 Å². The van der Waals surface area contributed by atoms with Crippen LogP contribution in [-0.4, -0.2) is 23.2 Å². The highest BCUT2D eigenvalue weighted by atomic mass is 32.2. The molecule has 1 aromatic rings. The zero-order chi connectivity index (χ0) is 9.90. The van der Waals surface area contributed by atoms with Gasteiger partial charge in [0.1, 0.15) is 5.01 Å². The van der Waals surface area contributed by atoms with E-state index in [9.17, 15) is 8.42 Å². The van der Waals surface area contributed by atoms with Crippen molar-refractivity contribution in [3.05, 3.63) is 5.01 Å². The van der Waals surface area contributed by atoms with Gasteiger partial charge in [0.05, 0.1) is 0 Å². The molecule has 13 heavy (non-hydrogen) atoms. The highest BCUT2D eigenvalue weighted by Crippen LogP contribution is 2.16. The molecule has 1 heterocycles. The summed E-state index contributed by atoms with van der Waals surface area (Å²) in [5.41, 5.74) is 0. The SMILES string of the molecule is CCCc1nnc(NS(=O)(=O)O)s1. The standard InChI is InChI=1S/C5H9N3O3S2/c1-2-3-4-6-7-5(12-4)8-13(9,10)11/h2-3H2,1H3,(H,7,8)(H,9,10,11). The van der Waals surface area contributed by atoms with Crippen LogP contribution in [0.2, 0.25) is 0 Å². The summed E-state index contributed by atoms with van der Waals surface area (Å²) in [7, 11) is -4.22. The number of nitrogens with one attached hydrogen (secondary N) is 1. The summed E-state index contributed by atoms with van der Waals surface area (Å²) in [6, 6.07) is 0. The summed E-state index contributed by atoms with van der Waals surface area (Å²) in [4.78, 5) is 0. The first-order valence-electron chi connectivity index (χ1n) is 3.59. The Morgan fingerprint density at radius 2 is 2.23 bits per heavy atom. The summed E-state index contributed by atoms with van der Waals surface area (Å²) in [5.74, 6) is 0. The van der Waals surface area contributed by atoms with Crippen molar-refractivity contribution >= 4 is 26.8 Å². The molecule has 0 saturated heterocycles. The van der Waals surface area contributed by atoms with Crippen LogP contribution in [0, 0.1) is 0 Å². The Bertz CT molecular complexity index is 372. The van der Waals surface area contributed by atoms with E-state index in [4.69, 9.17) is 4.55 Å². The van der Waals surface area contributed by atoms with Crippen molar-refractivity contribution in [2.24, 2.45) is 0 Å². The predicted molar refractivity (Wildman–Crippen MR) is 49.1 cm³/mol. The minimum Gasteiger partial charge on any atom is -0.269 e. The third kappa shape index (κ3) is 3.66. The van der Waals surface area contributed by atoms with Gasteiger partial charge < -0.3 is 0 Å². The van der Waals surface area contributed by atoms with E-state index in [0.29, 0.717) is 0 Å². The molecule has 6 nitrogen and oxygen atoms in total. The van der Waals surface area contributed by atoms with Crippen molar-refractivity contribution in [2.75, 3.05) is 4.72 Å². The summed E-state index contributed by atoms with van der Waals surface area (Å²) in [6.07, 6.45) is 1.67. The average Bonchev–Trinajstić information content (AvgIpc) is 2.33. The molecule has 0 bridgehead atoms. The van der Waals surface area contributed by atoms with Crippen molar-refractivity contribution in [1.82, 2.24) is 10.2 Å². The first-order chi connectivity index (χ1) is 6.01. The van der Waals surface area contributed by atoms with Crippen molar-refractivity contribution < 1.29 is 13.0 Å². The van der Waals surface area contributed by atoms with Crippen LogP contribution in [0.25, 0.3) is 0 Å². The molecule has 8 heteroatoms. The van der Waals surface area contributed by atoms with Crippen LogP contribution in [-0.2, 0) is 16.7 Å². The maximum atomic E-state index is 10.4. The molecular formula is C5H9N3O3S2. The van der Waals surface area contributed by atoms with Crippen LogP contribution in [0.5, 0.6) is 0 Å². The maximum absolute atomic E-state index is 10.4. The Morgan fingerprint density at radius 1 is 1.54 bits per heavy atom. The van der Waals surface area contributed by atoms with Gasteiger partial charge >= 0.3 is 10.3 Å². The lowest BCUT2D eigenvalue weighted by Crippen LogP contribution is -2.09. The second-order valence-electron chi connectivity index (χ2n) is 2.33. The van der Waals surface area contributed by atoms with Gasteiger partial charge in [-0.25, -0.2) is 4.72 Å². The minimum absolute atomic E-state index is 0.0888. The van der Waals surface area contributed by atoms with Gasteiger partial charge in [0.15, 0.2) is 0 Å². The topological polar surface area (TPSA) is 92.2 Å². The fourth-order valence-electron chi connectivity index (χ4n) is 0.720. The van der Waals surface area contributed by atoms with E-state index in [1.165, 1.54) is 0 Å². The molecule has 2 N–H and O–H groups in total. The lowest BCUT2D eigenvalue weighted by molar-refractivity contribution is 0.489. The molecule has 0 saturated carbocycles. The molecule has 0 aliphatic heterocycles. The largest absolute Gasteiger partial charge is 0.359 e. The molecular weight excluding hydrogens is 214 g/mol. The second-order valence-corrected chi connectivity index (χ2v) is 4.54. The van der Waals surface area contributed by atoms with Crippen LogP contribution in [0.3, 0.4) is 0 Å².